The summed E-state index contributed by atoms with van der Waals surface area (Å²) in [7, 11) is 0. The normalized spacial score (nSPS) is 12.7. The average Bonchev–Trinajstić information content (AvgIpc) is 2.73. The van der Waals surface area contributed by atoms with Crippen molar-refractivity contribution in [2.24, 2.45) is 5.92 Å². The van der Waals surface area contributed by atoms with Gasteiger partial charge in [-0.05, 0) is 24.8 Å². The van der Waals surface area contributed by atoms with Crippen LogP contribution in [-0.2, 0) is 33.3 Å². The standard InChI is InChI=1S/C24H44O4.O.Ti/c1-19(2)17-15-13-11-9-7-5-6-8-10-12-14-16-18-21(25)23(27)24(28)22(26)20(3)4;;/h19,23-24,27-28H,3,5-18H2,1-2,4H3;;. The van der Waals surface area contributed by atoms with Crippen LogP contribution >= 0.6 is 0 Å². The molecule has 5 nitrogen and oxygen atoms in total. The number of ketones is 2. The van der Waals surface area contributed by atoms with E-state index in [4.69, 9.17) is 3.32 Å². The van der Waals surface area contributed by atoms with Gasteiger partial charge in [0.25, 0.3) is 0 Å². The first-order valence-corrected chi connectivity index (χ1v) is 12.2. The number of rotatable bonds is 19. The van der Waals surface area contributed by atoms with Crippen LogP contribution in [-0.4, -0.2) is 34.0 Å². The number of aliphatic hydroxyl groups excluding tert-OH is 2. The van der Waals surface area contributed by atoms with E-state index in [2.05, 4.69) is 20.4 Å². The summed E-state index contributed by atoms with van der Waals surface area (Å²) in [6.07, 6.45) is 12.9. The molecule has 0 aliphatic heterocycles. The molecule has 0 aliphatic rings. The Morgan fingerprint density at radius 3 is 1.47 bits per heavy atom. The topological polar surface area (TPSA) is 91.7 Å². The Hall–Kier alpha value is -0.486. The molecule has 2 N–H and O–H groups in total. The van der Waals surface area contributed by atoms with Crippen LogP contribution in [0.4, 0.5) is 0 Å². The molecular weight excluding hydrogens is 416 g/mol. The van der Waals surface area contributed by atoms with E-state index < -0.39 is 23.8 Å². The zero-order valence-electron chi connectivity index (χ0n) is 19.5. The summed E-state index contributed by atoms with van der Waals surface area (Å²) >= 11 is 0.750. The van der Waals surface area contributed by atoms with Crippen LogP contribution in [0.25, 0.3) is 0 Å². The third-order valence-electron chi connectivity index (χ3n) is 5.27. The fourth-order valence-corrected chi connectivity index (χ4v) is 3.34. The van der Waals surface area contributed by atoms with Gasteiger partial charge in [0.05, 0.1) is 0 Å². The maximum atomic E-state index is 11.9. The van der Waals surface area contributed by atoms with Crippen molar-refractivity contribution < 1.29 is 43.5 Å². The van der Waals surface area contributed by atoms with E-state index in [1.54, 1.807) is 0 Å². The second-order valence-electron chi connectivity index (χ2n) is 8.68. The summed E-state index contributed by atoms with van der Waals surface area (Å²) in [5.74, 6) is -0.299. The maximum absolute atomic E-state index is 11.9. The Balaban J connectivity index is 0. The SMILES string of the molecule is C=C(C)C(=O)C(O)C(O)C(=O)CCCCCCCCCCCCCCC(C)C.[O]=[Ti]. The van der Waals surface area contributed by atoms with Gasteiger partial charge in [0.1, 0.15) is 12.2 Å². The summed E-state index contributed by atoms with van der Waals surface area (Å²) in [6.45, 7) is 9.47. The molecule has 0 aromatic rings. The average molecular weight is 460 g/mol. The molecule has 2 atom stereocenters. The molecule has 174 valence electrons. The second kappa shape index (κ2) is 21.7. The Morgan fingerprint density at radius 2 is 1.10 bits per heavy atom. The first kappa shape index (κ1) is 31.7. The van der Waals surface area contributed by atoms with Gasteiger partial charge in [-0.15, -0.1) is 0 Å². The van der Waals surface area contributed by atoms with Crippen molar-refractivity contribution in [2.45, 2.75) is 123 Å². The summed E-state index contributed by atoms with van der Waals surface area (Å²) in [5, 5.41) is 19.4. The molecule has 0 heterocycles. The van der Waals surface area contributed by atoms with E-state index in [0.717, 1.165) is 39.2 Å². The van der Waals surface area contributed by atoms with Gasteiger partial charge in [-0.3, -0.25) is 9.59 Å². The number of Topliss-reactive ketones (excluding diaryl/α,β-unsaturated/α-hetero) is 2. The van der Waals surface area contributed by atoms with Crippen molar-refractivity contribution in [2.75, 3.05) is 0 Å². The van der Waals surface area contributed by atoms with Crippen molar-refractivity contribution in [1.82, 2.24) is 0 Å². The van der Waals surface area contributed by atoms with Crippen molar-refractivity contribution >= 4 is 11.6 Å². The zero-order chi connectivity index (χ0) is 23.4. The predicted octanol–water partition coefficient (Wildman–Crippen LogP) is 5.42. The van der Waals surface area contributed by atoms with Gasteiger partial charge < -0.3 is 10.2 Å². The van der Waals surface area contributed by atoms with Crippen LogP contribution in [0, 0.1) is 5.92 Å². The molecule has 0 fully saturated rings. The Morgan fingerprint density at radius 1 is 0.733 bits per heavy atom. The van der Waals surface area contributed by atoms with Crippen LogP contribution in [0.5, 0.6) is 0 Å². The molecule has 30 heavy (non-hydrogen) atoms. The number of carbonyl (C=O) groups excluding carboxylic acids is 2. The molecule has 0 spiro atoms. The van der Waals surface area contributed by atoms with E-state index in [1.807, 2.05) is 0 Å². The van der Waals surface area contributed by atoms with Crippen molar-refractivity contribution in [3.8, 4) is 0 Å². The predicted molar refractivity (Wildman–Crippen MR) is 117 cm³/mol. The summed E-state index contributed by atoms with van der Waals surface area (Å²) in [4.78, 5) is 23.4. The molecule has 6 heteroatoms. The molecule has 0 aromatic carbocycles. The van der Waals surface area contributed by atoms with Gasteiger partial charge in [-0.2, -0.15) is 0 Å². The summed E-state index contributed by atoms with van der Waals surface area (Å²) in [6, 6.07) is 0. The first-order valence-electron chi connectivity index (χ1n) is 11.6. The molecule has 0 aliphatic carbocycles. The number of unbranched alkanes of at least 4 members (excludes halogenated alkanes) is 11. The van der Waals surface area contributed by atoms with E-state index in [-0.39, 0.29) is 12.0 Å². The van der Waals surface area contributed by atoms with Crippen LogP contribution in [0.3, 0.4) is 0 Å². The van der Waals surface area contributed by atoms with E-state index in [1.165, 1.54) is 71.1 Å². The Bertz CT molecular complexity index is 465. The Labute approximate surface area is 195 Å². The van der Waals surface area contributed by atoms with E-state index >= 15 is 0 Å². The Kier molecular flexibility index (Phi) is 23.0. The minimum atomic E-state index is -1.68. The minimum absolute atomic E-state index is 0.144. The van der Waals surface area contributed by atoms with Gasteiger partial charge in [0, 0.05) is 6.42 Å². The summed E-state index contributed by atoms with van der Waals surface area (Å²) in [5.41, 5.74) is 0.144. The number of aliphatic hydroxyl groups is 2. The molecule has 0 saturated carbocycles. The summed E-state index contributed by atoms with van der Waals surface area (Å²) < 4.78 is 8.25. The fourth-order valence-electron chi connectivity index (χ4n) is 3.34. The molecular formula is C24H44O5Ti. The molecule has 0 aromatic heterocycles. The molecule has 0 amide bonds. The van der Waals surface area contributed by atoms with Gasteiger partial charge in [0.15, 0.2) is 11.6 Å². The van der Waals surface area contributed by atoms with Crippen molar-refractivity contribution in [3.05, 3.63) is 12.2 Å². The van der Waals surface area contributed by atoms with Crippen LogP contribution in [0.2, 0.25) is 0 Å². The molecule has 0 radical (unpaired) electrons. The van der Waals surface area contributed by atoms with Crippen LogP contribution in [0.15, 0.2) is 12.2 Å². The van der Waals surface area contributed by atoms with Gasteiger partial charge in [-0.1, -0.05) is 97.5 Å². The zero-order valence-corrected chi connectivity index (χ0v) is 21.0. The first-order chi connectivity index (χ1) is 14.3. The molecule has 2 unspecified atom stereocenters. The third kappa shape index (κ3) is 18.3. The van der Waals surface area contributed by atoms with Crippen molar-refractivity contribution in [1.29, 1.82) is 0 Å². The fraction of sp³-hybridized carbons (Fsp3) is 0.833. The van der Waals surface area contributed by atoms with Crippen molar-refractivity contribution in [3.63, 3.8) is 0 Å². The number of hydrogen-bond donors (Lipinski definition) is 2. The molecule has 0 bridgehead atoms. The third-order valence-corrected chi connectivity index (χ3v) is 5.27. The van der Waals surface area contributed by atoms with Gasteiger partial charge in [0.2, 0.25) is 0 Å². The second-order valence-corrected chi connectivity index (χ2v) is 8.68. The van der Waals surface area contributed by atoms with Gasteiger partial charge in [-0.25, -0.2) is 0 Å². The van der Waals surface area contributed by atoms with E-state index in [9.17, 15) is 19.8 Å². The molecule has 0 saturated heterocycles. The van der Waals surface area contributed by atoms with Crippen LogP contribution in [0.1, 0.15) is 111 Å². The van der Waals surface area contributed by atoms with Crippen LogP contribution < -0.4 is 0 Å². The number of carbonyl (C=O) groups is 2. The molecule has 0 rings (SSSR count). The monoisotopic (exact) mass is 460 g/mol. The quantitative estimate of drug-likeness (QED) is 0.153. The van der Waals surface area contributed by atoms with E-state index in [0.29, 0.717) is 6.42 Å². The number of hydrogen-bond acceptors (Lipinski definition) is 5. The van der Waals surface area contributed by atoms with Gasteiger partial charge >= 0.3 is 23.7 Å².